The van der Waals surface area contributed by atoms with Crippen LogP contribution in [0.5, 0.6) is 0 Å². The summed E-state index contributed by atoms with van der Waals surface area (Å²) in [7, 11) is 0. The van der Waals surface area contributed by atoms with Gasteiger partial charge in [-0.05, 0) is 29.8 Å². The molecule has 0 saturated heterocycles. The number of carbonyl (C=O) groups is 1. The fraction of sp³-hybridized carbons (Fsp3) is 0.190. The van der Waals surface area contributed by atoms with Crippen molar-refractivity contribution in [1.82, 2.24) is 9.78 Å². The van der Waals surface area contributed by atoms with Crippen molar-refractivity contribution in [3.05, 3.63) is 81.7 Å². The van der Waals surface area contributed by atoms with E-state index in [9.17, 15) is 9.59 Å². The molecule has 3 rings (SSSR count). The maximum absolute atomic E-state index is 12.5. The van der Waals surface area contributed by atoms with Crippen LogP contribution in [0, 0.1) is 5.92 Å². The fourth-order valence-electron chi connectivity index (χ4n) is 2.50. The first-order valence-corrected chi connectivity index (χ1v) is 9.30. The zero-order valence-electron chi connectivity index (χ0n) is 15.6. The Labute approximate surface area is 168 Å². The Kier molecular flexibility index (Phi) is 6.11. The van der Waals surface area contributed by atoms with E-state index in [4.69, 9.17) is 11.6 Å². The Hall–Kier alpha value is -3.12. The highest BCUT2D eigenvalue weighted by atomic mass is 35.5. The van der Waals surface area contributed by atoms with Gasteiger partial charge < -0.3 is 10.6 Å². The lowest BCUT2D eigenvalue weighted by atomic mass is 10.1. The number of benzene rings is 2. The van der Waals surface area contributed by atoms with E-state index in [0.29, 0.717) is 17.9 Å². The number of para-hydroxylation sites is 1. The minimum Gasteiger partial charge on any atom is -0.378 e. The summed E-state index contributed by atoms with van der Waals surface area (Å²) in [6.07, 6.45) is 1.54. The third-order valence-corrected chi connectivity index (χ3v) is 4.51. The molecule has 0 radical (unpaired) electrons. The number of anilines is 2. The van der Waals surface area contributed by atoms with Gasteiger partial charge in [-0.1, -0.05) is 55.8 Å². The molecule has 6 nitrogen and oxygen atoms in total. The van der Waals surface area contributed by atoms with Gasteiger partial charge in [0.1, 0.15) is 5.02 Å². The average molecular weight is 397 g/mol. The first kappa shape index (κ1) is 19.6. The van der Waals surface area contributed by atoms with Crippen LogP contribution in [0.3, 0.4) is 0 Å². The summed E-state index contributed by atoms with van der Waals surface area (Å²) in [5, 5.41) is 10.3. The molecule has 0 aliphatic carbocycles. The van der Waals surface area contributed by atoms with Crippen LogP contribution in [0.25, 0.3) is 5.69 Å². The van der Waals surface area contributed by atoms with E-state index in [0.717, 1.165) is 11.3 Å². The Balaban J connectivity index is 1.69. The molecule has 2 aromatic carbocycles. The number of halogens is 1. The summed E-state index contributed by atoms with van der Waals surface area (Å²) >= 11 is 6.24. The second-order valence-electron chi connectivity index (χ2n) is 6.62. The van der Waals surface area contributed by atoms with Gasteiger partial charge in [-0.25, -0.2) is 0 Å². The largest absolute Gasteiger partial charge is 0.378 e. The maximum Gasteiger partial charge on any atom is 0.292 e. The van der Waals surface area contributed by atoms with Crippen LogP contribution in [-0.4, -0.2) is 15.7 Å². The van der Waals surface area contributed by atoms with Crippen LogP contribution in [0.2, 0.25) is 5.02 Å². The van der Waals surface area contributed by atoms with Gasteiger partial charge >= 0.3 is 0 Å². The van der Waals surface area contributed by atoms with E-state index in [2.05, 4.69) is 15.7 Å². The van der Waals surface area contributed by atoms with Gasteiger partial charge in [0, 0.05) is 18.2 Å². The second kappa shape index (κ2) is 8.71. The molecule has 28 heavy (non-hydrogen) atoms. The predicted molar refractivity (Wildman–Crippen MR) is 112 cm³/mol. The molecule has 0 atom stereocenters. The van der Waals surface area contributed by atoms with Crippen LogP contribution in [0.15, 0.2) is 65.6 Å². The van der Waals surface area contributed by atoms with E-state index < -0.39 is 0 Å². The van der Waals surface area contributed by atoms with Crippen LogP contribution in [0.4, 0.5) is 11.4 Å². The third kappa shape index (κ3) is 4.58. The second-order valence-corrected chi connectivity index (χ2v) is 7.00. The van der Waals surface area contributed by atoms with Crippen LogP contribution in [0.1, 0.15) is 19.4 Å². The molecule has 0 spiro atoms. The summed E-state index contributed by atoms with van der Waals surface area (Å²) in [5.74, 6) is -0.100. The number of nitrogens with zero attached hydrogens (tertiary/aromatic N) is 2. The number of hydrogen-bond donors (Lipinski definition) is 2. The summed E-state index contributed by atoms with van der Waals surface area (Å²) in [6, 6.07) is 16.6. The molecule has 0 bridgehead atoms. The number of hydrogen-bond acceptors (Lipinski definition) is 4. The Bertz CT molecular complexity index is 1010. The van der Waals surface area contributed by atoms with Gasteiger partial charge in [0.25, 0.3) is 5.56 Å². The average Bonchev–Trinajstić information content (AvgIpc) is 2.71. The van der Waals surface area contributed by atoms with Gasteiger partial charge in [0.2, 0.25) is 5.91 Å². The Morgan fingerprint density at radius 1 is 1.11 bits per heavy atom. The normalized spacial score (nSPS) is 10.7. The summed E-state index contributed by atoms with van der Waals surface area (Å²) < 4.78 is 1.26. The van der Waals surface area contributed by atoms with E-state index in [1.54, 1.807) is 12.1 Å². The number of aromatic nitrogens is 2. The standard InChI is InChI=1S/C21H21ClN4O2/c1-14(2)20(27)25-16-10-8-15(9-11-16)12-23-18-13-24-26(21(28)19(18)22)17-6-4-3-5-7-17/h3-11,13-14,23H,12H2,1-2H3,(H,25,27). The first-order valence-electron chi connectivity index (χ1n) is 8.92. The van der Waals surface area contributed by atoms with Crippen molar-refractivity contribution in [1.29, 1.82) is 0 Å². The number of carbonyl (C=O) groups excluding carboxylic acids is 1. The van der Waals surface area contributed by atoms with Crippen LogP contribution in [-0.2, 0) is 11.3 Å². The summed E-state index contributed by atoms with van der Waals surface area (Å²) in [5.41, 5.74) is 2.46. The summed E-state index contributed by atoms with van der Waals surface area (Å²) in [4.78, 5) is 24.2. The minimum absolute atomic E-state index is 0.0253. The molecule has 144 valence electrons. The van der Waals surface area contributed by atoms with E-state index in [1.165, 1.54) is 10.9 Å². The van der Waals surface area contributed by atoms with Gasteiger partial charge in [-0.15, -0.1) is 0 Å². The molecule has 0 unspecified atom stereocenters. The van der Waals surface area contributed by atoms with Crippen LogP contribution < -0.4 is 16.2 Å². The number of amides is 1. The lowest BCUT2D eigenvalue weighted by Gasteiger charge is -2.11. The molecular weight excluding hydrogens is 376 g/mol. The molecule has 0 saturated carbocycles. The Morgan fingerprint density at radius 2 is 1.79 bits per heavy atom. The van der Waals surface area contributed by atoms with Gasteiger partial charge in [0.05, 0.1) is 17.6 Å². The molecule has 7 heteroatoms. The Morgan fingerprint density at radius 3 is 2.43 bits per heavy atom. The lowest BCUT2D eigenvalue weighted by molar-refractivity contribution is -0.118. The molecule has 2 N–H and O–H groups in total. The highest BCUT2D eigenvalue weighted by molar-refractivity contribution is 6.32. The van der Waals surface area contributed by atoms with Crippen molar-refractivity contribution in [2.75, 3.05) is 10.6 Å². The van der Waals surface area contributed by atoms with Crippen molar-refractivity contribution in [2.45, 2.75) is 20.4 Å². The molecule has 0 fully saturated rings. The quantitative estimate of drug-likeness (QED) is 0.657. The zero-order chi connectivity index (χ0) is 20.1. The topological polar surface area (TPSA) is 76.0 Å². The summed E-state index contributed by atoms with van der Waals surface area (Å²) in [6.45, 7) is 4.16. The highest BCUT2D eigenvalue weighted by Gasteiger charge is 2.11. The number of rotatable bonds is 6. The van der Waals surface area contributed by atoms with Gasteiger partial charge in [0.15, 0.2) is 0 Å². The van der Waals surface area contributed by atoms with Crippen molar-refractivity contribution < 1.29 is 4.79 Å². The molecule has 3 aromatic rings. The molecular formula is C21H21ClN4O2. The van der Waals surface area contributed by atoms with Gasteiger partial charge in [-0.3, -0.25) is 9.59 Å². The predicted octanol–water partition coefficient (Wildman–Crippen LogP) is 4.09. The zero-order valence-corrected chi connectivity index (χ0v) is 16.4. The molecule has 0 aliphatic heterocycles. The van der Waals surface area contributed by atoms with Crippen molar-refractivity contribution in [3.63, 3.8) is 0 Å². The SMILES string of the molecule is CC(C)C(=O)Nc1ccc(CNc2cnn(-c3ccccc3)c(=O)c2Cl)cc1. The van der Waals surface area contributed by atoms with Crippen molar-refractivity contribution in [2.24, 2.45) is 5.92 Å². The van der Waals surface area contributed by atoms with Crippen molar-refractivity contribution in [3.8, 4) is 5.69 Å². The van der Waals surface area contributed by atoms with E-state index in [-0.39, 0.29) is 22.4 Å². The lowest BCUT2D eigenvalue weighted by Crippen LogP contribution is -2.22. The first-order chi connectivity index (χ1) is 13.5. The fourth-order valence-corrected chi connectivity index (χ4v) is 2.69. The highest BCUT2D eigenvalue weighted by Crippen LogP contribution is 2.18. The van der Waals surface area contributed by atoms with Crippen molar-refractivity contribution >= 4 is 28.9 Å². The third-order valence-electron chi connectivity index (χ3n) is 4.15. The molecule has 1 heterocycles. The smallest absolute Gasteiger partial charge is 0.292 e. The maximum atomic E-state index is 12.5. The number of nitrogens with one attached hydrogen (secondary N) is 2. The molecule has 0 aliphatic rings. The molecule has 1 amide bonds. The van der Waals surface area contributed by atoms with E-state index in [1.807, 2.05) is 56.3 Å². The molecule has 1 aromatic heterocycles. The van der Waals surface area contributed by atoms with Crippen LogP contribution >= 0.6 is 11.6 Å². The minimum atomic E-state index is -0.385. The monoisotopic (exact) mass is 396 g/mol. The van der Waals surface area contributed by atoms with E-state index >= 15 is 0 Å². The van der Waals surface area contributed by atoms with Gasteiger partial charge in [-0.2, -0.15) is 9.78 Å².